The first-order valence-corrected chi connectivity index (χ1v) is 36.2. The molecule has 23 rings (SSSR count). The molecule has 0 fully saturated rings. The van der Waals surface area contributed by atoms with Crippen molar-refractivity contribution in [1.82, 2.24) is 23.7 Å². The van der Waals surface area contributed by atoms with Crippen LogP contribution in [0.1, 0.15) is 23.0 Å². The number of benzene rings is 15. The van der Waals surface area contributed by atoms with Gasteiger partial charge in [-0.05, 0) is 202 Å². The van der Waals surface area contributed by atoms with Gasteiger partial charge in [-0.25, -0.2) is 4.98 Å². The summed E-state index contributed by atoms with van der Waals surface area (Å²) in [6, 6.07) is 119. The van der Waals surface area contributed by atoms with E-state index < -0.39 is 0 Å². The van der Waals surface area contributed by atoms with Crippen molar-refractivity contribution < 1.29 is 13.3 Å². The minimum atomic E-state index is -0.152. The van der Waals surface area contributed by atoms with Crippen LogP contribution in [0, 0.1) is 0 Å². The number of fused-ring (bicyclic) bond motifs is 19. The molecule has 22 aromatic rings. The largest absolute Gasteiger partial charge is 0.456 e. The van der Waals surface area contributed by atoms with Gasteiger partial charge in [0, 0.05) is 99.1 Å². The van der Waals surface area contributed by atoms with Gasteiger partial charge in [-0.15, -0.1) is 0 Å². The maximum Gasteiger partial charge on any atom is 0.135 e. The predicted molar refractivity (Wildman–Crippen MR) is 435 cm³/mol. The minimum absolute atomic E-state index is 0.130. The molecular formula is C98H59N5O3. The Labute approximate surface area is 605 Å². The first-order chi connectivity index (χ1) is 52.5. The lowest BCUT2D eigenvalue weighted by molar-refractivity contribution is 0.668. The Bertz CT molecular complexity index is 7640. The summed E-state index contributed by atoms with van der Waals surface area (Å²) in [5, 5.41) is 15.6. The highest BCUT2D eigenvalue weighted by Crippen LogP contribution is 2.45. The molecule has 0 aliphatic heterocycles. The van der Waals surface area contributed by atoms with Crippen LogP contribution in [0.25, 0.3) is 205 Å². The van der Waals surface area contributed by atoms with E-state index in [0.29, 0.717) is 0 Å². The van der Waals surface area contributed by atoms with Gasteiger partial charge in [0.25, 0.3) is 0 Å². The lowest BCUT2D eigenvalue weighted by Gasteiger charge is -2.26. The Morgan fingerprint density at radius 2 is 0.547 bits per heavy atom. The molecule has 8 nitrogen and oxygen atoms in total. The van der Waals surface area contributed by atoms with Crippen LogP contribution >= 0.6 is 0 Å². The quantitative estimate of drug-likeness (QED) is 0.144. The summed E-state index contributed by atoms with van der Waals surface area (Å²) in [7, 11) is 0. The first kappa shape index (κ1) is 58.6. The summed E-state index contributed by atoms with van der Waals surface area (Å²) in [5.41, 5.74) is 26.4. The SMILES string of the molecule is C1=c2ncc(-c3cccc(-n4c5ccccc5c5cc(-c6ccc7oc8ccccc8c7c6)ccc54)c3)nc2=CC(c2cccc(-n3c4ccccc4c4cc(-c5ccc6oc7ccccc7c6c5)ccc43)c2)C1c1cccc(-n2c3ccccc3c3cc(-c4ccc5oc6ccccc6c5c4)ccc32)c1. The van der Waals surface area contributed by atoms with E-state index in [-0.39, 0.29) is 11.8 Å². The third-order valence-electron chi connectivity index (χ3n) is 22.5. The van der Waals surface area contributed by atoms with Crippen molar-refractivity contribution in [1.29, 1.82) is 0 Å². The van der Waals surface area contributed by atoms with Crippen molar-refractivity contribution in [3.05, 3.63) is 356 Å². The summed E-state index contributed by atoms with van der Waals surface area (Å²) < 4.78 is 26.0. The molecule has 0 spiro atoms. The number of hydrogen-bond donors (Lipinski definition) is 0. The number of furan rings is 3. The molecular weight excluding hydrogens is 1300 g/mol. The van der Waals surface area contributed by atoms with Crippen LogP contribution < -0.4 is 10.7 Å². The fourth-order valence-electron chi connectivity index (χ4n) is 17.5. The first-order valence-electron chi connectivity index (χ1n) is 36.2. The van der Waals surface area contributed by atoms with Gasteiger partial charge in [-0.3, -0.25) is 4.98 Å². The Balaban J connectivity index is 0.653. The van der Waals surface area contributed by atoms with Crippen LogP contribution in [0.4, 0.5) is 0 Å². The van der Waals surface area contributed by atoms with Gasteiger partial charge in [0.1, 0.15) is 33.5 Å². The molecule has 0 N–H and O–H groups in total. The number of hydrogen-bond acceptors (Lipinski definition) is 5. The second kappa shape index (κ2) is 22.7. The summed E-state index contributed by atoms with van der Waals surface area (Å²) in [5.74, 6) is -0.282. The van der Waals surface area contributed by atoms with Gasteiger partial charge < -0.3 is 27.0 Å². The second-order valence-electron chi connectivity index (χ2n) is 28.3. The topological polar surface area (TPSA) is 80.0 Å². The maximum atomic E-state index is 6.27. The zero-order valence-electron chi connectivity index (χ0n) is 57.0. The zero-order valence-corrected chi connectivity index (χ0v) is 57.0. The summed E-state index contributed by atoms with van der Waals surface area (Å²) in [6.07, 6.45) is 6.71. The van der Waals surface area contributed by atoms with E-state index in [1.165, 1.54) is 43.4 Å². The molecule has 7 heterocycles. The molecule has 0 saturated carbocycles. The van der Waals surface area contributed by atoms with E-state index in [0.717, 1.165) is 171 Å². The van der Waals surface area contributed by atoms with E-state index in [1.807, 2.05) is 42.6 Å². The second-order valence-corrected chi connectivity index (χ2v) is 28.3. The Kier molecular flexibility index (Phi) is 12.5. The average Bonchev–Trinajstić information content (AvgIpc) is 1.67. The van der Waals surface area contributed by atoms with Crippen molar-refractivity contribution in [3.63, 3.8) is 0 Å². The molecule has 1 aliphatic rings. The lowest BCUT2D eigenvalue weighted by Crippen LogP contribution is -2.37. The number of nitrogens with zero attached hydrogens (tertiary/aromatic N) is 5. The monoisotopic (exact) mass is 1350 g/mol. The van der Waals surface area contributed by atoms with Crippen LogP contribution in [-0.4, -0.2) is 23.7 Å². The van der Waals surface area contributed by atoms with Gasteiger partial charge in [-0.2, -0.15) is 0 Å². The van der Waals surface area contributed by atoms with E-state index in [9.17, 15) is 0 Å². The van der Waals surface area contributed by atoms with Crippen LogP contribution in [0.5, 0.6) is 0 Å². The minimum Gasteiger partial charge on any atom is -0.456 e. The van der Waals surface area contributed by atoms with Crippen molar-refractivity contribution in [2.75, 3.05) is 0 Å². The van der Waals surface area contributed by atoms with Crippen molar-refractivity contribution >= 4 is 143 Å². The molecule has 0 bridgehead atoms. The number of rotatable bonds is 9. The molecule has 106 heavy (non-hydrogen) atoms. The Morgan fingerprint density at radius 1 is 0.226 bits per heavy atom. The number of aromatic nitrogens is 5. The number of para-hydroxylation sites is 6. The highest BCUT2D eigenvalue weighted by molar-refractivity contribution is 6.15. The van der Waals surface area contributed by atoms with E-state index in [1.54, 1.807) is 0 Å². The molecule has 1 aliphatic carbocycles. The van der Waals surface area contributed by atoms with Crippen molar-refractivity contribution in [2.45, 2.75) is 11.8 Å². The smallest absolute Gasteiger partial charge is 0.135 e. The molecule has 7 aromatic heterocycles. The third kappa shape index (κ3) is 9.01. The predicted octanol–water partition coefficient (Wildman–Crippen LogP) is 24.3. The van der Waals surface area contributed by atoms with Crippen molar-refractivity contribution in [3.8, 4) is 61.7 Å². The normalized spacial score (nSPS) is 14.0. The zero-order chi connectivity index (χ0) is 69.2. The third-order valence-corrected chi connectivity index (χ3v) is 22.5. The molecule has 2 atom stereocenters. The van der Waals surface area contributed by atoms with Crippen molar-refractivity contribution in [2.24, 2.45) is 0 Å². The maximum absolute atomic E-state index is 6.27. The van der Waals surface area contributed by atoms with Gasteiger partial charge in [0.15, 0.2) is 0 Å². The molecule has 8 heteroatoms. The summed E-state index contributed by atoms with van der Waals surface area (Å²) in [6.45, 7) is 0. The fraction of sp³-hybridized carbons (Fsp3) is 0.0204. The molecule has 2 unspecified atom stereocenters. The molecule has 0 radical (unpaired) electrons. The highest BCUT2D eigenvalue weighted by Gasteiger charge is 2.28. The average molecular weight is 1350 g/mol. The van der Waals surface area contributed by atoms with E-state index >= 15 is 0 Å². The molecule has 15 aromatic carbocycles. The van der Waals surface area contributed by atoms with Crippen LogP contribution in [0.15, 0.2) is 347 Å². The van der Waals surface area contributed by atoms with Crippen LogP contribution in [-0.2, 0) is 0 Å². The van der Waals surface area contributed by atoms with Crippen LogP contribution in [0.2, 0.25) is 0 Å². The van der Waals surface area contributed by atoms with E-state index in [4.69, 9.17) is 23.2 Å². The van der Waals surface area contributed by atoms with Gasteiger partial charge >= 0.3 is 0 Å². The summed E-state index contributed by atoms with van der Waals surface area (Å²) >= 11 is 0. The van der Waals surface area contributed by atoms with Gasteiger partial charge in [0.2, 0.25) is 0 Å². The Hall–Kier alpha value is -14.1. The molecule has 0 saturated heterocycles. The van der Waals surface area contributed by atoms with Gasteiger partial charge in [0.05, 0.1) is 55.7 Å². The van der Waals surface area contributed by atoms with Gasteiger partial charge in [-0.1, -0.05) is 182 Å². The molecule has 0 amide bonds. The van der Waals surface area contributed by atoms with Crippen LogP contribution in [0.3, 0.4) is 0 Å². The molecule has 494 valence electrons. The summed E-state index contributed by atoms with van der Waals surface area (Å²) in [4.78, 5) is 11.0. The highest BCUT2D eigenvalue weighted by atomic mass is 16.3. The fourth-order valence-corrected chi connectivity index (χ4v) is 17.5. The van der Waals surface area contributed by atoms with E-state index in [2.05, 4.69) is 317 Å². The standard InChI is InChI=1S/C98H59N5O3/c1-7-28-87-70(22-1)78-49-58(61-37-43-96-81(52-61)73-25-4-10-31-93(73)104-96)34-40-90(78)101(87)67-19-13-16-64(46-67)76-55-84-85(56-77(76)65-17-14-20-68(47-65)102-88-29-8-2-23-71(88)79-50-59(35-41-91(79)102)62-38-44-97-82(53-62)74-26-5-11-32-94(74)105-97)100-86(57-99-84)66-18-15-21-69(48-66)103-89-30-9-3-24-72(89)80-51-60(36-42-92(80)103)63-39-45-98-83(54-63)75-27-6-12-33-95(75)106-98/h1-57,76-77H. The Morgan fingerprint density at radius 3 is 0.962 bits per heavy atom. The lowest BCUT2D eigenvalue weighted by atomic mass is 9.78.